The molecule has 0 bridgehead atoms. The molecule has 154 valence electrons. The Balaban J connectivity index is 1.52. The van der Waals surface area contributed by atoms with E-state index in [1.807, 2.05) is 42.5 Å². The third-order valence-corrected chi connectivity index (χ3v) is 5.47. The van der Waals surface area contributed by atoms with E-state index < -0.39 is 0 Å². The maximum absolute atomic E-state index is 5.44. The van der Waals surface area contributed by atoms with Crippen LogP contribution < -0.4 is 15.6 Å². The first kappa shape index (κ1) is 20.5. The van der Waals surface area contributed by atoms with Gasteiger partial charge in [0.15, 0.2) is 0 Å². The van der Waals surface area contributed by atoms with E-state index in [0.29, 0.717) is 37.6 Å². The quantitative estimate of drug-likeness (QED) is 0.284. The molecule has 4 rings (SSSR count). The van der Waals surface area contributed by atoms with Gasteiger partial charge in [-0.3, -0.25) is 0 Å². The van der Waals surface area contributed by atoms with Crippen LogP contribution in [0, 0.1) is 3.57 Å². The van der Waals surface area contributed by atoms with Crippen molar-refractivity contribution >= 4 is 46.7 Å². The van der Waals surface area contributed by atoms with E-state index in [-0.39, 0.29) is 0 Å². The van der Waals surface area contributed by atoms with Crippen LogP contribution in [-0.4, -0.2) is 47.5 Å². The molecule has 1 fully saturated rings. The maximum Gasteiger partial charge on any atom is 0.250 e. The minimum absolute atomic E-state index is 0.393. The molecular formula is C21H22IN7O. The lowest BCUT2D eigenvalue weighted by molar-refractivity contribution is 0.122. The Morgan fingerprint density at radius 2 is 1.70 bits per heavy atom. The highest BCUT2D eigenvalue weighted by molar-refractivity contribution is 14.1. The van der Waals surface area contributed by atoms with Crippen LogP contribution >= 0.6 is 22.6 Å². The van der Waals surface area contributed by atoms with Crippen molar-refractivity contribution < 1.29 is 4.74 Å². The summed E-state index contributed by atoms with van der Waals surface area (Å²) in [5, 5.41) is 7.60. The number of rotatable bonds is 7. The second-order valence-corrected chi connectivity index (χ2v) is 7.77. The summed E-state index contributed by atoms with van der Waals surface area (Å²) in [6.45, 7) is 3.43. The fraction of sp³-hybridized carbons (Fsp3) is 0.238. The Hall–Kier alpha value is -2.79. The summed E-state index contributed by atoms with van der Waals surface area (Å²) in [5.41, 5.74) is 5.12. The maximum atomic E-state index is 5.44. The van der Waals surface area contributed by atoms with Crippen molar-refractivity contribution in [1.82, 2.24) is 15.0 Å². The molecule has 0 unspecified atom stereocenters. The first-order chi connectivity index (χ1) is 14.8. The van der Waals surface area contributed by atoms with Gasteiger partial charge in [0.2, 0.25) is 17.8 Å². The zero-order valence-electron chi connectivity index (χ0n) is 16.3. The zero-order chi connectivity index (χ0) is 20.6. The van der Waals surface area contributed by atoms with E-state index in [1.54, 1.807) is 6.21 Å². The van der Waals surface area contributed by atoms with Crippen LogP contribution in [-0.2, 0) is 11.3 Å². The van der Waals surface area contributed by atoms with Crippen LogP contribution in [0.1, 0.15) is 11.1 Å². The van der Waals surface area contributed by atoms with Gasteiger partial charge < -0.3 is 15.0 Å². The SMILES string of the molecule is Ic1ccccc1C=NNc1nc(NCc2ccccc2)nc(N2CCOCC2)n1. The molecule has 1 aliphatic rings. The van der Waals surface area contributed by atoms with Crippen molar-refractivity contribution in [3.8, 4) is 0 Å². The van der Waals surface area contributed by atoms with E-state index in [2.05, 4.69) is 70.4 Å². The zero-order valence-corrected chi connectivity index (χ0v) is 18.5. The van der Waals surface area contributed by atoms with Crippen LogP contribution in [0.3, 0.4) is 0 Å². The number of anilines is 3. The minimum atomic E-state index is 0.393. The van der Waals surface area contributed by atoms with Crippen LogP contribution in [0.4, 0.5) is 17.8 Å². The number of aromatic nitrogens is 3. The first-order valence-electron chi connectivity index (χ1n) is 9.68. The highest BCUT2D eigenvalue weighted by atomic mass is 127. The largest absolute Gasteiger partial charge is 0.378 e. The number of hydrogen-bond donors (Lipinski definition) is 2. The number of ether oxygens (including phenoxy) is 1. The van der Waals surface area contributed by atoms with Gasteiger partial charge >= 0.3 is 0 Å². The summed E-state index contributed by atoms with van der Waals surface area (Å²) in [6.07, 6.45) is 1.76. The molecule has 2 N–H and O–H groups in total. The summed E-state index contributed by atoms with van der Waals surface area (Å²) >= 11 is 2.28. The monoisotopic (exact) mass is 515 g/mol. The molecule has 1 saturated heterocycles. The fourth-order valence-corrected chi connectivity index (χ4v) is 3.44. The average Bonchev–Trinajstić information content (AvgIpc) is 2.80. The molecule has 0 atom stereocenters. The summed E-state index contributed by atoms with van der Waals surface area (Å²) in [5.74, 6) is 1.50. The second-order valence-electron chi connectivity index (χ2n) is 6.61. The highest BCUT2D eigenvalue weighted by Crippen LogP contribution is 2.16. The van der Waals surface area contributed by atoms with Gasteiger partial charge in [-0.25, -0.2) is 5.43 Å². The number of hydrogen-bond acceptors (Lipinski definition) is 8. The number of benzene rings is 2. The molecule has 0 saturated carbocycles. The van der Waals surface area contributed by atoms with E-state index in [9.17, 15) is 0 Å². The summed E-state index contributed by atoms with van der Waals surface area (Å²) < 4.78 is 6.56. The van der Waals surface area contributed by atoms with Gasteiger partial charge in [0.25, 0.3) is 0 Å². The van der Waals surface area contributed by atoms with E-state index in [1.165, 1.54) is 0 Å². The third kappa shape index (κ3) is 5.63. The summed E-state index contributed by atoms with van der Waals surface area (Å²) in [4.78, 5) is 15.7. The molecule has 0 aliphatic carbocycles. The number of nitrogens with zero attached hydrogens (tertiary/aromatic N) is 5. The molecule has 2 aromatic carbocycles. The van der Waals surface area contributed by atoms with Gasteiger partial charge in [0.1, 0.15) is 0 Å². The Morgan fingerprint density at radius 3 is 2.50 bits per heavy atom. The van der Waals surface area contributed by atoms with Gasteiger partial charge in [0.05, 0.1) is 19.4 Å². The van der Waals surface area contributed by atoms with Gasteiger partial charge in [-0.2, -0.15) is 20.1 Å². The van der Waals surface area contributed by atoms with Crippen molar-refractivity contribution in [2.75, 3.05) is 41.9 Å². The van der Waals surface area contributed by atoms with Gasteiger partial charge in [-0.05, 0) is 34.2 Å². The molecule has 9 heteroatoms. The number of nitrogens with one attached hydrogen (secondary N) is 2. The van der Waals surface area contributed by atoms with Gasteiger partial charge in [0, 0.05) is 28.8 Å². The van der Waals surface area contributed by atoms with Crippen molar-refractivity contribution in [3.05, 3.63) is 69.3 Å². The molecular weight excluding hydrogens is 493 g/mol. The third-order valence-electron chi connectivity index (χ3n) is 4.48. The lowest BCUT2D eigenvalue weighted by atomic mass is 10.2. The summed E-state index contributed by atoms with van der Waals surface area (Å²) in [7, 11) is 0. The van der Waals surface area contributed by atoms with E-state index in [4.69, 9.17) is 4.74 Å². The number of morpholine rings is 1. The lowest BCUT2D eigenvalue weighted by Gasteiger charge is -2.27. The molecule has 3 aromatic rings. The standard InChI is InChI=1S/C21H22IN7O/c22-18-9-5-4-8-17(18)15-24-28-20-25-19(23-14-16-6-2-1-3-7-16)26-21(27-20)29-10-12-30-13-11-29/h1-9,15H,10-14H2,(H2,23,25,26,27,28). The van der Waals surface area contributed by atoms with E-state index in [0.717, 1.165) is 27.8 Å². The summed E-state index contributed by atoms with van der Waals surface area (Å²) in [6, 6.07) is 18.2. The van der Waals surface area contributed by atoms with Gasteiger partial charge in [-0.1, -0.05) is 48.5 Å². The first-order valence-corrected chi connectivity index (χ1v) is 10.8. The van der Waals surface area contributed by atoms with Crippen LogP contribution in [0.25, 0.3) is 0 Å². The van der Waals surface area contributed by atoms with Crippen molar-refractivity contribution in [2.45, 2.75) is 6.54 Å². The topological polar surface area (TPSA) is 87.6 Å². The number of hydrazone groups is 1. The molecule has 8 nitrogen and oxygen atoms in total. The van der Waals surface area contributed by atoms with E-state index >= 15 is 0 Å². The van der Waals surface area contributed by atoms with Crippen LogP contribution in [0.15, 0.2) is 59.7 Å². The second kappa shape index (κ2) is 10.3. The lowest BCUT2D eigenvalue weighted by Crippen LogP contribution is -2.37. The Morgan fingerprint density at radius 1 is 0.967 bits per heavy atom. The van der Waals surface area contributed by atoms with Crippen LogP contribution in [0.2, 0.25) is 0 Å². The van der Waals surface area contributed by atoms with Crippen molar-refractivity contribution in [2.24, 2.45) is 5.10 Å². The van der Waals surface area contributed by atoms with Crippen LogP contribution in [0.5, 0.6) is 0 Å². The average molecular weight is 515 g/mol. The predicted molar refractivity (Wildman–Crippen MR) is 127 cm³/mol. The molecule has 1 aliphatic heterocycles. The number of halogens is 1. The van der Waals surface area contributed by atoms with Gasteiger partial charge in [-0.15, -0.1) is 0 Å². The molecule has 0 spiro atoms. The van der Waals surface area contributed by atoms with Crippen molar-refractivity contribution in [3.63, 3.8) is 0 Å². The Bertz CT molecular complexity index is 994. The highest BCUT2D eigenvalue weighted by Gasteiger charge is 2.16. The molecule has 2 heterocycles. The normalized spacial score (nSPS) is 14.1. The Kier molecular flexibility index (Phi) is 7.03. The Labute approximate surface area is 188 Å². The smallest absolute Gasteiger partial charge is 0.250 e. The fourth-order valence-electron chi connectivity index (χ4n) is 2.91. The predicted octanol–water partition coefficient (Wildman–Crippen LogP) is 3.37. The molecule has 1 aromatic heterocycles. The molecule has 0 radical (unpaired) electrons. The minimum Gasteiger partial charge on any atom is -0.378 e. The van der Waals surface area contributed by atoms with Crippen molar-refractivity contribution in [1.29, 1.82) is 0 Å². The molecule has 0 amide bonds. The molecule has 30 heavy (non-hydrogen) atoms.